The zero-order valence-electron chi connectivity index (χ0n) is 15.0. The molecule has 0 radical (unpaired) electrons. The first-order valence-electron chi connectivity index (χ1n) is 8.38. The fourth-order valence-electron chi connectivity index (χ4n) is 2.57. The average Bonchev–Trinajstić information content (AvgIpc) is 2.57. The number of nitrogens with one attached hydrogen (secondary N) is 1. The van der Waals surface area contributed by atoms with Crippen molar-refractivity contribution in [3.05, 3.63) is 59.4 Å². The molecular weight excluding hydrogens is 319 g/mol. The van der Waals surface area contributed by atoms with Crippen LogP contribution < -0.4 is 10.1 Å². The standard InChI is InChI=1S/C20H25FN2O2/c1-15-6-4-7-16(2)20(15)22-19(24)14-23(3)12-5-13-25-18-10-8-17(21)9-11-18/h4,6-11H,5,12-14H2,1-3H3,(H,22,24). The van der Waals surface area contributed by atoms with Gasteiger partial charge in [0.05, 0.1) is 13.2 Å². The number of para-hydroxylation sites is 1. The number of amides is 1. The average molecular weight is 344 g/mol. The van der Waals surface area contributed by atoms with E-state index in [0.717, 1.165) is 29.8 Å². The lowest BCUT2D eigenvalue weighted by Gasteiger charge is -2.18. The summed E-state index contributed by atoms with van der Waals surface area (Å²) in [6.45, 7) is 5.55. The maximum atomic E-state index is 12.8. The van der Waals surface area contributed by atoms with Gasteiger partial charge in [-0.3, -0.25) is 9.69 Å². The number of hydrogen-bond donors (Lipinski definition) is 1. The number of likely N-dealkylation sites (N-methyl/N-ethyl adjacent to an activating group) is 1. The number of nitrogens with zero attached hydrogens (tertiary/aromatic N) is 1. The highest BCUT2D eigenvalue weighted by molar-refractivity contribution is 5.93. The van der Waals surface area contributed by atoms with Gasteiger partial charge in [0, 0.05) is 12.2 Å². The van der Waals surface area contributed by atoms with Gasteiger partial charge in [0.1, 0.15) is 11.6 Å². The van der Waals surface area contributed by atoms with Crippen molar-refractivity contribution in [1.82, 2.24) is 4.90 Å². The van der Waals surface area contributed by atoms with Crippen LogP contribution in [-0.4, -0.2) is 37.6 Å². The van der Waals surface area contributed by atoms with E-state index in [0.29, 0.717) is 18.9 Å². The zero-order valence-corrected chi connectivity index (χ0v) is 15.0. The Labute approximate surface area is 148 Å². The SMILES string of the molecule is Cc1cccc(C)c1NC(=O)CN(C)CCCOc1ccc(F)cc1. The van der Waals surface area contributed by atoms with Crippen LogP contribution in [0.3, 0.4) is 0 Å². The van der Waals surface area contributed by atoms with Gasteiger partial charge in [0.25, 0.3) is 0 Å². The van der Waals surface area contributed by atoms with E-state index in [1.807, 2.05) is 44.0 Å². The molecule has 134 valence electrons. The lowest BCUT2D eigenvalue weighted by atomic mass is 10.1. The molecule has 0 heterocycles. The molecule has 2 aromatic rings. The van der Waals surface area contributed by atoms with Crippen LogP contribution in [0.25, 0.3) is 0 Å². The smallest absolute Gasteiger partial charge is 0.238 e. The van der Waals surface area contributed by atoms with Crippen molar-refractivity contribution >= 4 is 11.6 Å². The van der Waals surface area contributed by atoms with Crippen molar-refractivity contribution in [3.8, 4) is 5.75 Å². The molecule has 2 rings (SSSR count). The third-order valence-electron chi connectivity index (χ3n) is 3.93. The lowest BCUT2D eigenvalue weighted by Crippen LogP contribution is -2.31. The molecule has 0 aliphatic carbocycles. The number of ether oxygens (including phenoxy) is 1. The van der Waals surface area contributed by atoms with E-state index in [1.165, 1.54) is 12.1 Å². The Morgan fingerprint density at radius 2 is 1.76 bits per heavy atom. The largest absolute Gasteiger partial charge is 0.494 e. The summed E-state index contributed by atoms with van der Waals surface area (Å²) in [6, 6.07) is 11.9. The third-order valence-corrected chi connectivity index (χ3v) is 3.93. The van der Waals surface area contributed by atoms with Crippen LogP contribution in [0.5, 0.6) is 5.75 Å². The second-order valence-electron chi connectivity index (χ2n) is 6.21. The van der Waals surface area contributed by atoms with E-state index in [9.17, 15) is 9.18 Å². The molecule has 0 atom stereocenters. The van der Waals surface area contributed by atoms with Crippen molar-refractivity contribution in [2.24, 2.45) is 0 Å². The Balaban J connectivity index is 1.70. The van der Waals surface area contributed by atoms with E-state index in [4.69, 9.17) is 4.74 Å². The minimum atomic E-state index is -0.276. The fraction of sp³-hybridized carbons (Fsp3) is 0.350. The molecule has 0 aromatic heterocycles. The minimum Gasteiger partial charge on any atom is -0.494 e. The summed E-state index contributed by atoms with van der Waals surface area (Å²) in [5.41, 5.74) is 3.01. The molecule has 0 spiro atoms. The Hall–Kier alpha value is -2.40. The molecular formula is C20H25FN2O2. The van der Waals surface area contributed by atoms with Crippen LogP contribution in [0.4, 0.5) is 10.1 Å². The maximum Gasteiger partial charge on any atom is 0.238 e. The molecule has 0 unspecified atom stereocenters. The number of halogens is 1. The van der Waals surface area contributed by atoms with Gasteiger partial charge in [-0.2, -0.15) is 0 Å². The predicted octanol–water partition coefficient (Wildman–Crippen LogP) is 3.78. The van der Waals surface area contributed by atoms with Gasteiger partial charge < -0.3 is 10.1 Å². The molecule has 0 aliphatic rings. The summed E-state index contributed by atoms with van der Waals surface area (Å²) in [5, 5.41) is 2.98. The topological polar surface area (TPSA) is 41.6 Å². The zero-order chi connectivity index (χ0) is 18.2. The number of anilines is 1. The van der Waals surface area contributed by atoms with Crippen molar-refractivity contribution in [2.75, 3.05) is 32.1 Å². The van der Waals surface area contributed by atoms with Crippen molar-refractivity contribution in [3.63, 3.8) is 0 Å². The summed E-state index contributed by atoms with van der Waals surface area (Å²) in [7, 11) is 1.90. The molecule has 0 fully saturated rings. The maximum absolute atomic E-state index is 12.8. The van der Waals surface area contributed by atoms with Crippen LogP contribution in [-0.2, 0) is 4.79 Å². The van der Waals surface area contributed by atoms with Crippen molar-refractivity contribution < 1.29 is 13.9 Å². The Morgan fingerprint density at radius 1 is 1.12 bits per heavy atom. The van der Waals surface area contributed by atoms with Crippen LogP contribution in [0.2, 0.25) is 0 Å². The lowest BCUT2D eigenvalue weighted by molar-refractivity contribution is -0.117. The first kappa shape index (κ1) is 18.9. The van der Waals surface area contributed by atoms with Gasteiger partial charge in [-0.15, -0.1) is 0 Å². The van der Waals surface area contributed by atoms with Crippen molar-refractivity contribution in [2.45, 2.75) is 20.3 Å². The Kier molecular flexibility index (Phi) is 6.95. The molecule has 2 aromatic carbocycles. The van der Waals surface area contributed by atoms with Crippen LogP contribution in [0, 0.1) is 19.7 Å². The predicted molar refractivity (Wildman–Crippen MR) is 98.6 cm³/mol. The van der Waals surface area contributed by atoms with E-state index in [2.05, 4.69) is 5.32 Å². The second-order valence-corrected chi connectivity index (χ2v) is 6.21. The van der Waals surface area contributed by atoms with Crippen molar-refractivity contribution in [1.29, 1.82) is 0 Å². The van der Waals surface area contributed by atoms with Gasteiger partial charge >= 0.3 is 0 Å². The highest BCUT2D eigenvalue weighted by atomic mass is 19.1. The highest BCUT2D eigenvalue weighted by Crippen LogP contribution is 2.19. The molecule has 0 bridgehead atoms. The van der Waals surface area contributed by atoms with Gasteiger partial charge in [-0.1, -0.05) is 18.2 Å². The number of benzene rings is 2. The Morgan fingerprint density at radius 3 is 2.40 bits per heavy atom. The van der Waals surface area contributed by atoms with Crippen LogP contribution in [0.15, 0.2) is 42.5 Å². The monoisotopic (exact) mass is 344 g/mol. The summed E-state index contributed by atoms with van der Waals surface area (Å²) >= 11 is 0. The van der Waals surface area contributed by atoms with E-state index < -0.39 is 0 Å². The molecule has 4 nitrogen and oxygen atoms in total. The van der Waals surface area contributed by atoms with Gasteiger partial charge in [0.15, 0.2) is 0 Å². The van der Waals surface area contributed by atoms with Crippen LogP contribution >= 0.6 is 0 Å². The highest BCUT2D eigenvalue weighted by Gasteiger charge is 2.10. The van der Waals surface area contributed by atoms with Crippen LogP contribution in [0.1, 0.15) is 17.5 Å². The number of rotatable bonds is 8. The number of hydrogen-bond acceptors (Lipinski definition) is 3. The van der Waals surface area contributed by atoms with Gasteiger partial charge in [-0.25, -0.2) is 4.39 Å². The minimum absolute atomic E-state index is 0.0284. The number of aryl methyl sites for hydroxylation is 2. The summed E-state index contributed by atoms with van der Waals surface area (Å²) in [6.07, 6.45) is 0.782. The molecule has 25 heavy (non-hydrogen) atoms. The number of carbonyl (C=O) groups is 1. The number of carbonyl (C=O) groups excluding carboxylic acids is 1. The molecule has 1 amide bonds. The summed E-state index contributed by atoms with van der Waals surface area (Å²) < 4.78 is 18.4. The molecule has 0 saturated carbocycles. The van der Waals surface area contributed by atoms with E-state index in [-0.39, 0.29) is 11.7 Å². The second kappa shape index (κ2) is 9.18. The molecule has 1 N–H and O–H groups in total. The fourth-order valence-corrected chi connectivity index (χ4v) is 2.57. The summed E-state index contributed by atoms with van der Waals surface area (Å²) in [4.78, 5) is 14.1. The van der Waals surface area contributed by atoms with E-state index in [1.54, 1.807) is 12.1 Å². The van der Waals surface area contributed by atoms with E-state index >= 15 is 0 Å². The third kappa shape index (κ3) is 6.19. The normalized spacial score (nSPS) is 10.8. The first-order valence-corrected chi connectivity index (χ1v) is 8.38. The summed E-state index contributed by atoms with van der Waals surface area (Å²) in [5.74, 6) is 0.346. The Bertz CT molecular complexity index is 681. The molecule has 0 saturated heterocycles. The molecule has 0 aliphatic heterocycles. The quantitative estimate of drug-likeness (QED) is 0.741. The van der Waals surface area contributed by atoms with Gasteiger partial charge in [0.2, 0.25) is 5.91 Å². The van der Waals surface area contributed by atoms with Gasteiger partial charge in [-0.05, 0) is 62.7 Å². The molecule has 5 heteroatoms. The first-order chi connectivity index (χ1) is 12.0.